The molecule has 0 bridgehead atoms. The number of ketones is 1. The molecule has 1 atom stereocenters. The summed E-state index contributed by atoms with van der Waals surface area (Å²) >= 11 is 0. The van der Waals surface area contributed by atoms with Gasteiger partial charge in [-0.05, 0) is 64.4 Å². The Bertz CT molecular complexity index is 415. The van der Waals surface area contributed by atoms with Gasteiger partial charge >= 0.3 is 0 Å². The zero-order chi connectivity index (χ0) is 16.9. The van der Waals surface area contributed by atoms with E-state index in [0.717, 1.165) is 50.7 Å². The zero-order valence-corrected chi connectivity index (χ0v) is 14.8. The predicted molar refractivity (Wildman–Crippen MR) is 95.3 cm³/mol. The first-order valence-electron chi connectivity index (χ1n) is 8.83. The van der Waals surface area contributed by atoms with E-state index in [-0.39, 0.29) is 12.1 Å². The van der Waals surface area contributed by atoms with Crippen LogP contribution in [0.15, 0.2) is 36.0 Å². The molecule has 0 saturated carbocycles. The molecule has 130 valence electrons. The van der Waals surface area contributed by atoms with Crippen molar-refractivity contribution in [3.05, 3.63) is 36.0 Å². The van der Waals surface area contributed by atoms with Gasteiger partial charge in [-0.1, -0.05) is 23.8 Å². The molecule has 0 radical (unpaired) electrons. The van der Waals surface area contributed by atoms with Crippen molar-refractivity contribution in [2.45, 2.75) is 71.5 Å². The summed E-state index contributed by atoms with van der Waals surface area (Å²) in [5.41, 5.74) is 2.18. The van der Waals surface area contributed by atoms with Crippen molar-refractivity contribution >= 4 is 5.78 Å². The molecule has 0 aromatic carbocycles. The van der Waals surface area contributed by atoms with E-state index in [1.54, 1.807) is 0 Å². The van der Waals surface area contributed by atoms with Crippen LogP contribution in [0.3, 0.4) is 0 Å². The third-order valence-corrected chi connectivity index (χ3v) is 4.09. The summed E-state index contributed by atoms with van der Waals surface area (Å²) in [4.78, 5) is 11.9. The molecule has 23 heavy (non-hydrogen) atoms. The Morgan fingerprint density at radius 1 is 1.22 bits per heavy atom. The van der Waals surface area contributed by atoms with E-state index < -0.39 is 0 Å². The number of unbranched alkanes of at least 4 members (excludes halogenated alkanes) is 1. The summed E-state index contributed by atoms with van der Waals surface area (Å²) in [5.74, 6) is 0.256. The second kappa shape index (κ2) is 12.3. The summed E-state index contributed by atoms with van der Waals surface area (Å²) in [6, 6.07) is 0. The van der Waals surface area contributed by atoms with Crippen LogP contribution < -0.4 is 0 Å². The number of Topliss-reactive ketones (excluding diaryl/α,β-unsaturated/α-hetero) is 1. The van der Waals surface area contributed by atoms with Gasteiger partial charge in [-0.25, -0.2) is 0 Å². The van der Waals surface area contributed by atoms with Gasteiger partial charge in [-0.15, -0.1) is 6.58 Å². The van der Waals surface area contributed by atoms with Gasteiger partial charge < -0.3 is 9.47 Å². The number of hydrogen-bond donors (Lipinski definition) is 0. The minimum absolute atomic E-state index is 0.0249. The van der Waals surface area contributed by atoms with Crippen molar-refractivity contribution in [3.63, 3.8) is 0 Å². The molecule has 0 N–H and O–H groups in total. The lowest BCUT2D eigenvalue weighted by Crippen LogP contribution is -2.22. The lowest BCUT2D eigenvalue weighted by molar-refractivity contribution is -0.155. The highest BCUT2D eigenvalue weighted by molar-refractivity contribution is 5.94. The molecule has 0 spiro atoms. The van der Waals surface area contributed by atoms with Crippen LogP contribution >= 0.6 is 0 Å². The maximum atomic E-state index is 11.9. The van der Waals surface area contributed by atoms with E-state index in [1.165, 1.54) is 12.0 Å². The molecule has 0 aromatic heterocycles. The van der Waals surface area contributed by atoms with E-state index in [4.69, 9.17) is 9.47 Å². The van der Waals surface area contributed by atoms with E-state index in [9.17, 15) is 4.79 Å². The van der Waals surface area contributed by atoms with Crippen LogP contribution in [0.25, 0.3) is 0 Å². The summed E-state index contributed by atoms with van der Waals surface area (Å²) < 4.78 is 11.2. The first kappa shape index (κ1) is 19.9. The standard InChI is InChI=1S/C20H32O3/c1-4-5-6-12-19(21)18(3)11-9-10-17(2)14-16-23-20-13-7-8-15-22-20/h4,11,14,20H,1,5-10,12-13,15-16H2,2-3H3/b17-14+,18-11+. The maximum absolute atomic E-state index is 11.9. The monoisotopic (exact) mass is 320 g/mol. The van der Waals surface area contributed by atoms with Gasteiger partial charge in [-0.3, -0.25) is 4.79 Å². The minimum Gasteiger partial charge on any atom is -0.353 e. The van der Waals surface area contributed by atoms with Crippen LogP contribution in [-0.2, 0) is 14.3 Å². The Balaban J connectivity index is 2.19. The Morgan fingerprint density at radius 3 is 2.74 bits per heavy atom. The van der Waals surface area contributed by atoms with E-state index in [2.05, 4.69) is 25.7 Å². The SMILES string of the molecule is C=CCCCC(=O)/C(C)=C/CC/C(C)=C/COC1CCCCO1. The molecule has 1 saturated heterocycles. The fraction of sp³-hybridized carbons (Fsp3) is 0.650. The van der Waals surface area contributed by atoms with Gasteiger partial charge in [0.25, 0.3) is 0 Å². The maximum Gasteiger partial charge on any atom is 0.158 e. The number of rotatable bonds is 11. The summed E-state index contributed by atoms with van der Waals surface area (Å²) in [7, 11) is 0. The van der Waals surface area contributed by atoms with E-state index >= 15 is 0 Å². The first-order valence-corrected chi connectivity index (χ1v) is 8.83. The average Bonchev–Trinajstić information content (AvgIpc) is 2.56. The summed E-state index contributed by atoms with van der Waals surface area (Å²) in [6.07, 6.45) is 13.6. The van der Waals surface area contributed by atoms with Gasteiger partial charge in [-0.2, -0.15) is 0 Å². The quantitative estimate of drug-likeness (QED) is 0.301. The Kier molecular flexibility index (Phi) is 10.6. The average molecular weight is 320 g/mol. The Labute approximate surface area is 141 Å². The highest BCUT2D eigenvalue weighted by Gasteiger charge is 2.12. The van der Waals surface area contributed by atoms with Gasteiger partial charge in [0.15, 0.2) is 12.1 Å². The third-order valence-electron chi connectivity index (χ3n) is 4.09. The van der Waals surface area contributed by atoms with Crippen LogP contribution in [0.4, 0.5) is 0 Å². The lowest BCUT2D eigenvalue weighted by Gasteiger charge is -2.22. The molecule has 0 aliphatic carbocycles. The second-order valence-corrected chi connectivity index (χ2v) is 6.21. The van der Waals surface area contributed by atoms with Crippen molar-refractivity contribution in [3.8, 4) is 0 Å². The molecule has 1 unspecified atom stereocenters. The van der Waals surface area contributed by atoms with E-state index in [0.29, 0.717) is 13.0 Å². The molecule has 1 rings (SSSR count). The van der Waals surface area contributed by atoms with Crippen molar-refractivity contribution in [1.29, 1.82) is 0 Å². The topological polar surface area (TPSA) is 35.5 Å². The smallest absolute Gasteiger partial charge is 0.158 e. The molecule has 3 heteroatoms. The van der Waals surface area contributed by atoms with Crippen molar-refractivity contribution in [1.82, 2.24) is 0 Å². The fourth-order valence-electron chi connectivity index (χ4n) is 2.48. The number of hydrogen-bond acceptors (Lipinski definition) is 3. The van der Waals surface area contributed by atoms with Crippen molar-refractivity contribution in [2.75, 3.05) is 13.2 Å². The molecular weight excluding hydrogens is 288 g/mol. The molecule has 1 aliphatic heterocycles. The van der Waals surface area contributed by atoms with Crippen LogP contribution in [0.5, 0.6) is 0 Å². The third kappa shape index (κ3) is 9.52. The minimum atomic E-state index is -0.0249. The van der Waals surface area contributed by atoms with Crippen LogP contribution in [0.2, 0.25) is 0 Å². The number of allylic oxidation sites excluding steroid dienone is 4. The van der Waals surface area contributed by atoms with Gasteiger partial charge in [0.05, 0.1) is 6.61 Å². The zero-order valence-electron chi connectivity index (χ0n) is 14.8. The first-order chi connectivity index (χ1) is 11.1. The predicted octanol–water partition coefficient (Wildman–Crippen LogP) is 5.13. The van der Waals surface area contributed by atoms with Crippen LogP contribution in [0, 0.1) is 0 Å². The molecule has 1 fully saturated rings. The Hall–Kier alpha value is -1.19. The molecule has 0 amide bonds. The largest absolute Gasteiger partial charge is 0.353 e. The lowest BCUT2D eigenvalue weighted by atomic mass is 10.0. The van der Waals surface area contributed by atoms with Crippen molar-refractivity contribution < 1.29 is 14.3 Å². The van der Waals surface area contributed by atoms with Crippen LogP contribution in [-0.4, -0.2) is 25.3 Å². The second-order valence-electron chi connectivity index (χ2n) is 6.21. The highest BCUT2D eigenvalue weighted by atomic mass is 16.7. The number of ether oxygens (including phenoxy) is 2. The van der Waals surface area contributed by atoms with Crippen molar-refractivity contribution in [2.24, 2.45) is 0 Å². The molecule has 3 nitrogen and oxygen atoms in total. The number of carbonyl (C=O) groups excluding carboxylic acids is 1. The highest BCUT2D eigenvalue weighted by Crippen LogP contribution is 2.14. The van der Waals surface area contributed by atoms with Crippen LogP contribution in [0.1, 0.15) is 65.2 Å². The van der Waals surface area contributed by atoms with Gasteiger partial charge in [0, 0.05) is 13.0 Å². The molecular formula is C20H32O3. The Morgan fingerprint density at radius 2 is 2.04 bits per heavy atom. The normalized spacial score (nSPS) is 19.7. The summed E-state index contributed by atoms with van der Waals surface area (Å²) in [5, 5.41) is 0. The molecule has 1 aliphatic rings. The van der Waals surface area contributed by atoms with E-state index in [1.807, 2.05) is 13.0 Å². The molecule has 1 heterocycles. The summed E-state index contributed by atoms with van der Waals surface area (Å²) in [6.45, 7) is 9.13. The number of carbonyl (C=O) groups is 1. The van der Waals surface area contributed by atoms with Gasteiger partial charge in [0.2, 0.25) is 0 Å². The fourth-order valence-corrected chi connectivity index (χ4v) is 2.48. The van der Waals surface area contributed by atoms with Gasteiger partial charge in [0.1, 0.15) is 0 Å². The molecule has 0 aromatic rings.